The first-order valence-electron chi connectivity index (χ1n) is 33.9. The molecule has 0 aliphatic rings. The number of quaternary nitrogens is 1. The lowest BCUT2D eigenvalue weighted by molar-refractivity contribution is -0.870. The van der Waals surface area contributed by atoms with Gasteiger partial charge in [0.25, 0.3) is 6.29 Å². The number of nitrogens with zero attached hydrogens (tertiary/aromatic N) is 1. The van der Waals surface area contributed by atoms with Crippen LogP contribution in [0, 0.1) is 0 Å². The van der Waals surface area contributed by atoms with Gasteiger partial charge >= 0.3 is 17.9 Å². The molecule has 9 heteroatoms. The van der Waals surface area contributed by atoms with Gasteiger partial charge in [-0.3, -0.25) is 9.59 Å². The van der Waals surface area contributed by atoms with Crippen LogP contribution in [-0.2, 0) is 33.3 Å². The molecule has 2 atom stereocenters. The van der Waals surface area contributed by atoms with Crippen LogP contribution in [0.4, 0.5) is 0 Å². The summed E-state index contributed by atoms with van der Waals surface area (Å²) < 4.78 is 22.9. The van der Waals surface area contributed by atoms with Crippen LogP contribution in [-0.4, -0.2) is 87.4 Å². The maximum absolute atomic E-state index is 12.9. The maximum Gasteiger partial charge on any atom is 0.361 e. The van der Waals surface area contributed by atoms with E-state index in [2.05, 4.69) is 196 Å². The highest BCUT2D eigenvalue weighted by Gasteiger charge is 2.25. The number of carboxylic acid groups (broad SMARTS) is 1. The Balaban J connectivity index is 4.28. The van der Waals surface area contributed by atoms with Crippen LogP contribution in [0.3, 0.4) is 0 Å². The van der Waals surface area contributed by atoms with Crippen molar-refractivity contribution in [3.63, 3.8) is 0 Å². The maximum atomic E-state index is 12.9. The summed E-state index contributed by atoms with van der Waals surface area (Å²) in [5, 5.41) is 9.74. The highest BCUT2D eigenvalue weighted by molar-refractivity contribution is 5.71. The van der Waals surface area contributed by atoms with Gasteiger partial charge in [-0.25, -0.2) is 4.79 Å². The third kappa shape index (κ3) is 67.8. The fraction of sp³-hybridized carbons (Fsp3) is 0.577. The van der Waals surface area contributed by atoms with Crippen LogP contribution in [0.25, 0.3) is 0 Å². The second kappa shape index (κ2) is 66.3. The van der Waals surface area contributed by atoms with E-state index < -0.39 is 24.3 Å². The number of hydrogen-bond acceptors (Lipinski definition) is 7. The van der Waals surface area contributed by atoms with Crippen LogP contribution in [0.2, 0.25) is 0 Å². The molecular formula is C78H124NO8+. The van der Waals surface area contributed by atoms with Crippen LogP contribution < -0.4 is 0 Å². The second-order valence-corrected chi connectivity index (χ2v) is 23.0. The van der Waals surface area contributed by atoms with Crippen molar-refractivity contribution in [3.8, 4) is 0 Å². The average Bonchev–Trinajstić information content (AvgIpc) is 3.56. The molecule has 0 rings (SSSR count). The quantitative estimate of drug-likeness (QED) is 0.0211. The number of unbranched alkanes of at least 4 members (excludes halogenated alkanes) is 15. The molecule has 2 unspecified atom stereocenters. The van der Waals surface area contributed by atoms with Gasteiger partial charge in [0.1, 0.15) is 13.2 Å². The largest absolute Gasteiger partial charge is 0.477 e. The SMILES string of the molecule is CC/C=C\C/C=C\C/C=C\C/C=C\C/C=C\C/C=C\C/C=C\C/C=C\C/C=C\CCCCCC(=O)OC(COC(=O)CCCCCCCCCCCCCC/C=C\C/C=C\C/C=C\C/C=C\C/C=C\C/C=C\CC)COC(OCC[N+](C)(C)C)C(=O)O. The number of carbonyl (C=O) groups is 3. The summed E-state index contributed by atoms with van der Waals surface area (Å²) in [6, 6.07) is 0. The summed E-state index contributed by atoms with van der Waals surface area (Å²) >= 11 is 0. The molecule has 0 aromatic rings. The Labute approximate surface area is 532 Å². The highest BCUT2D eigenvalue weighted by atomic mass is 16.7. The zero-order valence-electron chi connectivity index (χ0n) is 55.6. The molecule has 0 aliphatic carbocycles. The van der Waals surface area contributed by atoms with Crippen molar-refractivity contribution in [2.75, 3.05) is 47.5 Å². The van der Waals surface area contributed by atoms with Gasteiger partial charge in [0.15, 0.2) is 6.10 Å². The predicted octanol–water partition coefficient (Wildman–Crippen LogP) is 21.2. The Morgan fingerprint density at radius 1 is 0.345 bits per heavy atom. The van der Waals surface area contributed by atoms with Crippen molar-refractivity contribution in [2.24, 2.45) is 0 Å². The van der Waals surface area contributed by atoms with E-state index in [1.54, 1.807) is 0 Å². The van der Waals surface area contributed by atoms with Crippen molar-refractivity contribution in [1.82, 2.24) is 0 Å². The first kappa shape index (κ1) is 81.4. The summed E-state index contributed by atoms with van der Waals surface area (Å²) in [4.78, 5) is 37.6. The van der Waals surface area contributed by atoms with Gasteiger partial charge in [-0.05, 0) is 135 Å². The van der Waals surface area contributed by atoms with E-state index in [0.717, 1.165) is 135 Å². The van der Waals surface area contributed by atoms with E-state index in [1.807, 2.05) is 21.1 Å². The number of hydrogen-bond donors (Lipinski definition) is 1. The van der Waals surface area contributed by atoms with Crippen LogP contribution >= 0.6 is 0 Å². The van der Waals surface area contributed by atoms with Gasteiger partial charge in [-0.1, -0.05) is 267 Å². The first-order valence-corrected chi connectivity index (χ1v) is 33.9. The molecular weight excluding hydrogens is 1080 g/mol. The number of carboxylic acids is 1. The monoisotopic (exact) mass is 1200 g/mol. The van der Waals surface area contributed by atoms with E-state index in [1.165, 1.54) is 64.2 Å². The average molecular weight is 1200 g/mol. The summed E-state index contributed by atoms with van der Waals surface area (Å²) in [5.41, 5.74) is 0. The summed E-state index contributed by atoms with van der Waals surface area (Å²) in [5.74, 6) is -2.07. The summed E-state index contributed by atoms with van der Waals surface area (Å²) in [6.07, 6.45) is 98.5. The fourth-order valence-electron chi connectivity index (χ4n) is 8.54. The third-order valence-electron chi connectivity index (χ3n) is 13.7. The Hall–Kier alpha value is -5.61. The van der Waals surface area contributed by atoms with Gasteiger partial charge in [-0.2, -0.15) is 0 Å². The van der Waals surface area contributed by atoms with Crippen LogP contribution in [0.5, 0.6) is 0 Å². The molecule has 0 amide bonds. The molecule has 0 saturated heterocycles. The number of carbonyl (C=O) groups excluding carboxylic acids is 2. The van der Waals surface area contributed by atoms with Gasteiger partial charge in [0.05, 0.1) is 34.4 Å². The van der Waals surface area contributed by atoms with Crippen molar-refractivity contribution < 1.29 is 42.9 Å². The number of aliphatic carboxylic acids is 1. The fourth-order valence-corrected chi connectivity index (χ4v) is 8.54. The van der Waals surface area contributed by atoms with Crippen LogP contribution in [0.15, 0.2) is 182 Å². The number of likely N-dealkylation sites (N-methyl/N-ethyl adjacent to an activating group) is 1. The molecule has 0 bridgehead atoms. The van der Waals surface area contributed by atoms with Gasteiger partial charge in [0.2, 0.25) is 0 Å². The van der Waals surface area contributed by atoms with E-state index in [0.29, 0.717) is 17.4 Å². The molecule has 0 heterocycles. The number of esters is 2. The van der Waals surface area contributed by atoms with Gasteiger partial charge in [-0.15, -0.1) is 0 Å². The predicted molar refractivity (Wildman–Crippen MR) is 372 cm³/mol. The van der Waals surface area contributed by atoms with E-state index in [9.17, 15) is 19.5 Å². The van der Waals surface area contributed by atoms with E-state index >= 15 is 0 Å². The summed E-state index contributed by atoms with van der Waals surface area (Å²) in [7, 11) is 5.95. The highest BCUT2D eigenvalue weighted by Crippen LogP contribution is 2.15. The Morgan fingerprint density at radius 3 is 0.931 bits per heavy atom. The minimum absolute atomic E-state index is 0.170. The molecule has 0 radical (unpaired) electrons. The lowest BCUT2D eigenvalue weighted by atomic mass is 10.0. The topological polar surface area (TPSA) is 108 Å². The summed E-state index contributed by atoms with van der Waals surface area (Å²) in [6.45, 7) is 4.59. The van der Waals surface area contributed by atoms with Crippen LogP contribution in [0.1, 0.15) is 232 Å². The smallest absolute Gasteiger partial charge is 0.361 e. The van der Waals surface area contributed by atoms with Crippen molar-refractivity contribution >= 4 is 17.9 Å². The first-order chi connectivity index (χ1) is 42.6. The van der Waals surface area contributed by atoms with Crippen molar-refractivity contribution in [1.29, 1.82) is 0 Å². The minimum atomic E-state index is -1.53. The molecule has 0 fully saturated rings. The Kier molecular flexibility index (Phi) is 62.1. The zero-order chi connectivity index (χ0) is 63.3. The Morgan fingerprint density at radius 2 is 0.621 bits per heavy atom. The molecule has 0 aromatic carbocycles. The van der Waals surface area contributed by atoms with E-state index in [4.69, 9.17) is 18.9 Å². The minimum Gasteiger partial charge on any atom is -0.477 e. The van der Waals surface area contributed by atoms with E-state index in [-0.39, 0.29) is 38.6 Å². The third-order valence-corrected chi connectivity index (χ3v) is 13.7. The molecule has 488 valence electrons. The number of allylic oxidation sites excluding steroid dienone is 30. The lowest BCUT2D eigenvalue weighted by Gasteiger charge is -2.25. The molecule has 0 spiro atoms. The standard InChI is InChI=1S/C78H123NO8/c1-6-8-10-12-14-16-18-20-22-24-26-28-30-32-34-36-38-40-42-44-46-48-50-52-54-56-58-60-62-64-66-68-75(80)85-72-74(73-86-78(77(82)83)84-71-70-79(3,4)5)87-76(81)69-67-65-63-61-59-57-55-53-51-49-47-45-43-41-39-37-35-33-31-29-27-25-23-21-19-17-15-13-11-9-7-2/h8-11,14-17,20-23,26-29,32-35,38-41,45,47,51,53,57,59,74,78H,6-7,12-13,18-19,24-25,30-31,36-37,42-44,46,48-50,52,54-56,58,60-73H2,1-5H3/p+1/b10-8-,11-9-,16-14-,17-15-,22-20-,23-21-,28-26-,29-27-,34-32-,35-33-,40-38-,41-39-,47-45-,53-51-,59-57-. The molecule has 1 N–H and O–H groups in total. The van der Waals surface area contributed by atoms with Crippen molar-refractivity contribution in [2.45, 2.75) is 245 Å². The van der Waals surface area contributed by atoms with Gasteiger partial charge in [0, 0.05) is 12.8 Å². The Bertz CT molecular complexity index is 2080. The molecule has 0 aromatic heterocycles. The van der Waals surface area contributed by atoms with Gasteiger partial charge < -0.3 is 28.5 Å². The van der Waals surface area contributed by atoms with Crippen molar-refractivity contribution in [3.05, 3.63) is 182 Å². The molecule has 87 heavy (non-hydrogen) atoms. The molecule has 0 saturated carbocycles. The molecule has 9 nitrogen and oxygen atoms in total. The molecule has 0 aliphatic heterocycles. The lowest BCUT2D eigenvalue weighted by Crippen LogP contribution is -2.40. The number of ether oxygens (including phenoxy) is 4. The number of rotatable bonds is 60. The normalized spacial score (nSPS) is 13.9. The second-order valence-electron chi connectivity index (χ2n) is 23.0. The zero-order valence-corrected chi connectivity index (χ0v) is 55.6.